The first kappa shape index (κ1) is 21.2. The van der Waals surface area contributed by atoms with Crippen LogP contribution in [0.1, 0.15) is 64.9 Å². The van der Waals surface area contributed by atoms with Crippen LogP contribution in [0.2, 0.25) is 0 Å². The van der Waals surface area contributed by atoms with E-state index >= 15 is 0 Å². The largest absolute Gasteiger partial charge is 0.464 e. The lowest BCUT2D eigenvalue weighted by molar-refractivity contribution is -0.123. The Balaban J connectivity index is 1.83. The van der Waals surface area contributed by atoms with Crippen LogP contribution >= 0.6 is 11.5 Å². The number of benzene rings is 1. The first-order chi connectivity index (χ1) is 15.0. The Kier molecular flexibility index (Phi) is 6.18. The Bertz CT molecular complexity index is 1070. The van der Waals surface area contributed by atoms with E-state index in [1.807, 2.05) is 39.0 Å². The van der Waals surface area contributed by atoms with Crippen molar-refractivity contribution in [3.05, 3.63) is 64.1 Å². The zero-order valence-electron chi connectivity index (χ0n) is 17.9. The number of carbonyl (C=O) groups is 2. The molecule has 8 heteroatoms. The quantitative estimate of drug-likeness (QED) is 0.612. The molecule has 31 heavy (non-hydrogen) atoms. The fourth-order valence-corrected chi connectivity index (χ4v) is 4.50. The van der Waals surface area contributed by atoms with Gasteiger partial charge in [-0.25, -0.2) is 0 Å². The standard InChI is InChI=1S/C23H26N4O3S/c1-14-7-6-10-19(16(14)3)27(23(29)18-13-31-26-25-18)21(20-12-11-15(2)30-20)22(28)24-17-8-4-5-9-17/h6-7,10-13,17,21H,4-5,8-9H2,1-3H3,(H,24,28)/t21-/m1/s1. The molecule has 1 atom stereocenters. The van der Waals surface area contributed by atoms with Crippen molar-refractivity contribution in [2.45, 2.75) is 58.5 Å². The van der Waals surface area contributed by atoms with Gasteiger partial charge in [0.2, 0.25) is 0 Å². The predicted molar refractivity (Wildman–Crippen MR) is 119 cm³/mol. The van der Waals surface area contributed by atoms with E-state index in [4.69, 9.17) is 4.42 Å². The lowest BCUT2D eigenvalue weighted by Crippen LogP contribution is -2.46. The van der Waals surface area contributed by atoms with Crippen molar-refractivity contribution in [1.29, 1.82) is 0 Å². The van der Waals surface area contributed by atoms with Crippen molar-refractivity contribution in [2.24, 2.45) is 0 Å². The molecule has 2 amide bonds. The average Bonchev–Trinajstić information content (AvgIpc) is 3.51. The van der Waals surface area contributed by atoms with Crippen LogP contribution in [-0.4, -0.2) is 27.4 Å². The molecule has 162 valence electrons. The van der Waals surface area contributed by atoms with Crippen LogP contribution in [-0.2, 0) is 4.79 Å². The summed E-state index contributed by atoms with van der Waals surface area (Å²) in [5, 5.41) is 8.72. The zero-order chi connectivity index (χ0) is 22.0. The maximum Gasteiger partial charge on any atom is 0.280 e. The molecule has 1 N–H and O–H groups in total. The minimum Gasteiger partial charge on any atom is -0.464 e. The zero-order valence-corrected chi connectivity index (χ0v) is 18.7. The van der Waals surface area contributed by atoms with E-state index in [2.05, 4.69) is 14.9 Å². The molecular weight excluding hydrogens is 412 g/mol. The van der Waals surface area contributed by atoms with Crippen LogP contribution < -0.4 is 10.2 Å². The topological polar surface area (TPSA) is 88.3 Å². The number of nitrogens with zero attached hydrogens (tertiary/aromatic N) is 3. The molecule has 3 aromatic rings. The van der Waals surface area contributed by atoms with Crippen molar-refractivity contribution in [3.8, 4) is 0 Å². The molecule has 0 spiro atoms. The molecule has 2 heterocycles. The average molecular weight is 439 g/mol. The van der Waals surface area contributed by atoms with Gasteiger partial charge in [0.25, 0.3) is 11.8 Å². The van der Waals surface area contributed by atoms with Gasteiger partial charge in [-0.2, -0.15) is 0 Å². The lowest BCUT2D eigenvalue weighted by Gasteiger charge is -2.31. The highest BCUT2D eigenvalue weighted by atomic mass is 32.1. The molecular formula is C23H26N4O3S. The SMILES string of the molecule is Cc1ccc([C@H](C(=O)NC2CCCC2)N(C(=O)c2csnn2)c2cccc(C)c2C)o1. The van der Waals surface area contributed by atoms with Crippen LogP contribution in [0.25, 0.3) is 0 Å². The molecule has 0 bridgehead atoms. The van der Waals surface area contributed by atoms with Crippen LogP contribution in [0.3, 0.4) is 0 Å². The summed E-state index contributed by atoms with van der Waals surface area (Å²) >= 11 is 1.10. The fourth-order valence-electron chi connectivity index (χ4n) is 4.07. The third-order valence-corrected chi connectivity index (χ3v) is 6.38. The van der Waals surface area contributed by atoms with E-state index < -0.39 is 6.04 Å². The monoisotopic (exact) mass is 438 g/mol. The van der Waals surface area contributed by atoms with Gasteiger partial charge in [0, 0.05) is 17.1 Å². The maximum absolute atomic E-state index is 13.6. The third-order valence-electron chi connectivity index (χ3n) is 5.87. The van der Waals surface area contributed by atoms with Gasteiger partial charge in [0.1, 0.15) is 11.5 Å². The fraction of sp³-hybridized carbons (Fsp3) is 0.391. The summed E-state index contributed by atoms with van der Waals surface area (Å²) in [7, 11) is 0. The van der Waals surface area contributed by atoms with E-state index in [-0.39, 0.29) is 23.6 Å². The first-order valence-electron chi connectivity index (χ1n) is 10.5. The van der Waals surface area contributed by atoms with Gasteiger partial charge in [-0.1, -0.05) is 29.5 Å². The molecule has 1 aliphatic rings. The Labute approximate surface area is 185 Å². The summed E-state index contributed by atoms with van der Waals surface area (Å²) in [6.07, 6.45) is 4.09. The van der Waals surface area contributed by atoms with E-state index in [0.717, 1.165) is 48.3 Å². The number of nitrogens with one attached hydrogen (secondary N) is 1. The molecule has 0 aliphatic heterocycles. The Morgan fingerprint density at radius 3 is 2.58 bits per heavy atom. The molecule has 1 saturated carbocycles. The Morgan fingerprint density at radius 2 is 1.94 bits per heavy atom. The van der Waals surface area contributed by atoms with E-state index in [9.17, 15) is 9.59 Å². The van der Waals surface area contributed by atoms with Crippen LogP contribution in [0, 0.1) is 20.8 Å². The summed E-state index contributed by atoms with van der Waals surface area (Å²) in [6, 6.07) is 8.45. The molecule has 4 rings (SSSR count). The van der Waals surface area contributed by atoms with Gasteiger partial charge >= 0.3 is 0 Å². The van der Waals surface area contributed by atoms with Crippen molar-refractivity contribution in [1.82, 2.24) is 14.9 Å². The van der Waals surface area contributed by atoms with Crippen molar-refractivity contribution < 1.29 is 14.0 Å². The number of hydrogen-bond acceptors (Lipinski definition) is 6. The first-order valence-corrected chi connectivity index (χ1v) is 11.3. The summed E-state index contributed by atoms with van der Waals surface area (Å²) in [5.74, 6) is 0.463. The molecule has 0 unspecified atom stereocenters. The number of aromatic nitrogens is 2. The molecule has 1 aliphatic carbocycles. The second kappa shape index (κ2) is 9.01. The van der Waals surface area contributed by atoms with E-state index in [0.29, 0.717) is 17.2 Å². The highest BCUT2D eigenvalue weighted by Gasteiger charge is 2.38. The van der Waals surface area contributed by atoms with E-state index in [1.54, 1.807) is 17.5 Å². The molecule has 1 fully saturated rings. The van der Waals surface area contributed by atoms with Crippen LogP contribution in [0.4, 0.5) is 5.69 Å². The third kappa shape index (κ3) is 4.39. The summed E-state index contributed by atoms with van der Waals surface area (Å²) in [6.45, 7) is 5.75. The minimum absolute atomic E-state index is 0.113. The highest BCUT2D eigenvalue weighted by Crippen LogP contribution is 2.34. The molecule has 0 radical (unpaired) electrons. The van der Waals surface area contributed by atoms with Gasteiger partial charge in [-0.05, 0) is 74.5 Å². The normalized spacial score (nSPS) is 15.1. The van der Waals surface area contributed by atoms with E-state index in [1.165, 1.54) is 4.90 Å². The van der Waals surface area contributed by atoms with Crippen molar-refractivity contribution in [3.63, 3.8) is 0 Å². The predicted octanol–water partition coefficient (Wildman–Crippen LogP) is 4.50. The van der Waals surface area contributed by atoms with Gasteiger partial charge in [0.15, 0.2) is 11.7 Å². The number of aryl methyl sites for hydroxylation is 2. The maximum atomic E-state index is 13.6. The summed E-state index contributed by atoms with van der Waals surface area (Å²) in [4.78, 5) is 28.7. The van der Waals surface area contributed by atoms with Gasteiger partial charge in [0.05, 0.1) is 0 Å². The van der Waals surface area contributed by atoms with Crippen LogP contribution in [0.5, 0.6) is 0 Å². The molecule has 1 aromatic carbocycles. The molecule has 7 nitrogen and oxygen atoms in total. The number of anilines is 1. The van der Waals surface area contributed by atoms with Gasteiger partial charge in [-0.3, -0.25) is 14.5 Å². The Hall–Kier alpha value is -3.00. The second-order valence-corrected chi connectivity index (χ2v) is 8.64. The summed E-state index contributed by atoms with van der Waals surface area (Å²) < 4.78 is 9.73. The number of carbonyl (C=O) groups excluding carboxylic acids is 2. The number of hydrogen-bond donors (Lipinski definition) is 1. The number of furan rings is 1. The second-order valence-electron chi connectivity index (χ2n) is 8.03. The number of rotatable bonds is 6. The Morgan fingerprint density at radius 1 is 1.16 bits per heavy atom. The molecule has 2 aromatic heterocycles. The van der Waals surface area contributed by atoms with Crippen LogP contribution in [0.15, 0.2) is 40.1 Å². The van der Waals surface area contributed by atoms with Gasteiger partial charge < -0.3 is 9.73 Å². The smallest absolute Gasteiger partial charge is 0.280 e. The van der Waals surface area contributed by atoms with Crippen molar-refractivity contribution in [2.75, 3.05) is 4.90 Å². The summed E-state index contributed by atoms with van der Waals surface area (Å²) in [5.41, 5.74) is 2.80. The van der Waals surface area contributed by atoms with Crippen molar-refractivity contribution >= 4 is 29.0 Å². The lowest BCUT2D eigenvalue weighted by atomic mass is 10.0. The minimum atomic E-state index is -0.955. The number of amides is 2. The highest BCUT2D eigenvalue weighted by molar-refractivity contribution is 7.03. The molecule has 0 saturated heterocycles. The van der Waals surface area contributed by atoms with Gasteiger partial charge in [-0.15, -0.1) is 5.10 Å².